The van der Waals surface area contributed by atoms with E-state index in [9.17, 15) is 45.6 Å². The zero-order valence-electron chi connectivity index (χ0n) is 20.6. The number of nitrogens with zero attached hydrogens (tertiary/aromatic N) is 1. The summed E-state index contributed by atoms with van der Waals surface area (Å²) in [5.41, 5.74) is 2.83. The molecule has 38 heavy (non-hydrogen) atoms. The Morgan fingerprint density at radius 1 is 1.16 bits per heavy atom. The lowest BCUT2D eigenvalue weighted by atomic mass is 9.93. The lowest BCUT2D eigenvalue weighted by Gasteiger charge is -2.40. The number of benzene rings is 1. The number of carbonyl (C=O) groups is 1. The Balaban J connectivity index is 1.86. The maximum atomic E-state index is 11.9. The second-order valence-corrected chi connectivity index (χ2v) is 9.25. The predicted molar refractivity (Wildman–Crippen MR) is 132 cm³/mol. The molecule has 216 valence electrons. The van der Waals surface area contributed by atoms with E-state index in [1.54, 1.807) is 25.1 Å². The Hall–Kier alpha value is -1.95. The van der Waals surface area contributed by atoms with Gasteiger partial charge >= 0.3 is 0 Å². The van der Waals surface area contributed by atoms with Gasteiger partial charge in [0.1, 0.15) is 42.4 Å². The van der Waals surface area contributed by atoms with E-state index in [2.05, 4.69) is 10.5 Å². The van der Waals surface area contributed by atoms with Crippen molar-refractivity contribution in [2.75, 3.05) is 33.0 Å². The summed E-state index contributed by atoms with van der Waals surface area (Å²) in [5.74, 6) is -1.47. The molecule has 14 nitrogen and oxygen atoms in total. The monoisotopic (exact) mass is 566 g/mol. The van der Waals surface area contributed by atoms with Crippen LogP contribution in [0.5, 0.6) is 5.75 Å². The molecule has 0 radical (unpaired) electrons. The first-order valence-corrected chi connectivity index (χ1v) is 12.1. The minimum atomic E-state index is -1.71. The third-order valence-electron chi connectivity index (χ3n) is 5.97. The number of hydrazone groups is 1. The van der Waals surface area contributed by atoms with Gasteiger partial charge in [-0.05, 0) is 30.7 Å². The fourth-order valence-electron chi connectivity index (χ4n) is 3.69. The molecule has 0 aromatic heterocycles. The van der Waals surface area contributed by atoms with Crippen LogP contribution in [0.4, 0.5) is 0 Å². The largest absolute Gasteiger partial charge is 0.483 e. The van der Waals surface area contributed by atoms with E-state index in [-0.39, 0.29) is 6.61 Å². The third-order valence-corrected chi connectivity index (χ3v) is 6.20. The lowest BCUT2D eigenvalue weighted by molar-refractivity contribution is -0.240. The van der Waals surface area contributed by atoms with Crippen LogP contribution in [0.2, 0.25) is 5.02 Å². The third kappa shape index (κ3) is 9.07. The molecule has 15 heteroatoms. The van der Waals surface area contributed by atoms with Crippen molar-refractivity contribution in [2.45, 2.75) is 55.8 Å². The molecule has 0 aliphatic carbocycles. The number of halogens is 1. The molecule has 0 saturated carbocycles. The summed E-state index contributed by atoms with van der Waals surface area (Å²) in [4.78, 5) is 11.9. The number of aryl methyl sites for hydroxylation is 1. The molecule has 2 rings (SSSR count). The van der Waals surface area contributed by atoms with E-state index in [0.29, 0.717) is 10.8 Å². The Morgan fingerprint density at radius 3 is 2.47 bits per heavy atom. The highest BCUT2D eigenvalue weighted by atomic mass is 35.5. The van der Waals surface area contributed by atoms with Gasteiger partial charge < -0.3 is 55.1 Å². The highest BCUT2D eigenvalue weighted by Gasteiger charge is 2.43. The van der Waals surface area contributed by atoms with E-state index < -0.39 is 87.1 Å². The molecule has 0 bridgehead atoms. The molecule has 0 spiro atoms. The number of carbonyl (C=O) groups excluding carboxylic acids is 1. The van der Waals surface area contributed by atoms with Crippen LogP contribution in [0.3, 0.4) is 0 Å². The van der Waals surface area contributed by atoms with Crippen molar-refractivity contribution < 1.29 is 59.9 Å². The van der Waals surface area contributed by atoms with Crippen LogP contribution in [-0.2, 0) is 14.3 Å². The van der Waals surface area contributed by atoms with Gasteiger partial charge in [-0.1, -0.05) is 11.6 Å². The predicted octanol–water partition coefficient (Wildman–Crippen LogP) is -3.32. The van der Waals surface area contributed by atoms with Gasteiger partial charge in [0.15, 0.2) is 6.61 Å². The first-order valence-electron chi connectivity index (χ1n) is 11.7. The number of nitrogens with one attached hydrogen (secondary N) is 1. The average Bonchev–Trinajstić information content (AvgIpc) is 2.89. The van der Waals surface area contributed by atoms with Crippen LogP contribution in [0, 0.1) is 12.8 Å². The molecule has 1 aromatic carbocycles. The van der Waals surface area contributed by atoms with Crippen molar-refractivity contribution in [1.29, 1.82) is 0 Å². The maximum absolute atomic E-state index is 11.9. The summed E-state index contributed by atoms with van der Waals surface area (Å²) < 4.78 is 16.0. The standard InChI is InChI=1S/C23H35ClN2O12/c1-11-4-12(24)2-3-16(11)37-10-19(31)26-25-5-14(29)20(32)13(15(30)6-27)8-36-9-18-22(34)23(35)21(33)17(7-28)38-18/h2-5,13-15,17-18,20-23,27-30,32-35H,6-10H2,1H3,(H,26,31)/b25-5+. The number of ether oxygens (including phenoxy) is 3. The molecule has 1 fully saturated rings. The molecule has 9 unspecified atom stereocenters. The van der Waals surface area contributed by atoms with Gasteiger partial charge in [0.2, 0.25) is 0 Å². The first-order chi connectivity index (χ1) is 18.0. The summed E-state index contributed by atoms with van der Waals surface area (Å²) in [7, 11) is 0. The van der Waals surface area contributed by atoms with Crippen LogP contribution in [-0.4, -0.2) is 135 Å². The Morgan fingerprint density at radius 2 is 1.84 bits per heavy atom. The SMILES string of the molecule is Cc1cc(Cl)ccc1OCC(=O)N/N=C/C(O)C(O)C(COCC1OC(CO)C(O)C(O)C1O)C(O)CO. The second kappa shape index (κ2) is 15.6. The van der Waals surface area contributed by atoms with Crippen molar-refractivity contribution >= 4 is 23.7 Å². The Kier molecular flexibility index (Phi) is 13.2. The zero-order valence-corrected chi connectivity index (χ0v) is 21.3. The van der Waals surface area contributed by atoms with Crippen LogP contribution < -0.4 is 10.2 Å². The summed E-state index contributed by atoms with van der Waals surface area (Å²) in [6, 6.07) is 4.86. The van der Waals surface area contributed by atoms with E-state index in [4.69, 9.17) is 25.8 Å². The summed E-state index contributed by atoms with van der Waals surface area (Å²) >= 11 is 5.87. The maximum Gasteiger partial charge on any atom is 0.277 e. The molecule has 9 N–H and O–H groups in total. The highest BCUT2D eigenvalue weighted by molar-refractivity contribution is 6.30. The van der Waals surface area contributed by atoms with Crippen molar-refractivity contribution in [2.24, 2.45) is 11.0 Å². The van der Waals surface area contributed by atoms with Gasteiger partial charge in [-0.3, -0.25) is 4.79 Å². The number of aliphatic hydroxyl groups excluding tert-OH is 8. The molecule has 1 aromatic rings. The average molecular weight is 567 g/mol. The molecule has 1 aliphatic rings. The van der Waals surface area contributed by atoms with Crippen LogP contribution >= 0.6 is 11.6 Å². The quantitative estimate of drug-likeness (QED) is 0.0795. The number of rotatable bonds is 14. The molecular weight excluding hydrogens is 532 g/mol. The van der Waals surface area contributed by atoms with E-state index in [0.717, 1.165) is 11.8 Å². The van der Waals surface area contributed by atoms with Crippen LogP contribution in [0.25, 0.3) is 0 Å². The Bertz CT molecular complexity index is 907. The van der Waals surface area contributed by atoms with Crippen LogP contribution in [0.1, 0.15) is 5.56 Å². The molecular formula is C23H35ClN2O12. The van der Waals surface area contributed by atoms with Gasteiger partial charge in [-0.15, -0.1) is 0 Å². The number of amides is 1. The smallest absolute Gasteiger partial charge is 0.277 e. The zero-order chi connectivity index (χ0) is 28.4. The molecule has 1 heterocycles. The number of hydrogen-bond acceptors (Lipinski definition) is 13. The molecule has 9 atom stereocenters. The van der Waals surface area contributed by atoms with Crippen molar-refractivity contribution in [3.05, 3.63) is 28.8 Å². The molecule has 1 saturated heterocycles. The highest BCUT2D eigenvalue weighted by Crippen LogP contribution is 2.23. The van der Waals surface area contributed by atoms with Gasteiger partial charge in [0.05, 0.1) is 44.9 Å². The second-order valence-electron chi connectivity index (χ2n) is 8.81. The van der Waals surface area contributed by atoms with Crippen molar-refractivity contribution in [3.63, 3.8) is 0 Å². The molecule has 1 amide bonds. The Labute approximate surface area is 223 Å². The van der Waals surface area contributed by atoms with Crippen molar-refractivity contribution in [1.82, 2.24) is 5.43 Å². The van der Waals surface area contributed by atoms with Crippen LogP contribution in [0.15, 0.2) is 23.3 Å². The lowest BCUT2D eigenvalue weighted by Crippen LogP contribution is -2.59. The molecule has 1 aliphatic heterocycles. The van der Waals surface area contributed by atoms with E-state index in [1.807, 2.05) is 0 Å². The minimum Gasteiger partial charge on any atom is -0.483 e. The van der Waals surface area contributed by atoms with Gasteiger partial charge in [0, 0.05) is 10.9 Å². The number of aliphatic hydroxyl groups is 8. The van der Waals surface area contributed by atoms with E-state index in [1.165, 1.54) is 0 Å². The summed E-state index contributed by atoms with van der Waals surface area (Å²) in [6.45, 7) is -0.871. The van der Waals surface area contributed by atoms with Gasteiger partial charge in [-0.2, -0.15) is 5.10 Å². The van der Waals surface area contributed by atoms with Crippen molar-refractivity contribution in [3.8, 4) is 5.75 Å². The van der Waals surface area contributed by atoms with Gasteiger partial charge in [0.25, 0.3) is 5.91 Å². The first kappa shape index (κ1) is 32.3. The van der Waals surface area contributed by atoms with E-state index >= 15 is 0 Å². The fraction of sp³-hybridized carbons (Fsp3) is 0.652. The normalized spacial score (nSPS) is 27.1. The summed E-state index contributed by atoms with van der Waals surface area (Å²) in [6.07, 6.45) is -11.1. The topological polar surface area (TPSA) is 231 Å². The minimum absolute atomic E-state index is 0.379. The van der Waals surface area contributed by atoms with Gasteiger partial charge in [-0.25, -0.2) is 5.43 Å². The number of hydrogen-bond donors (Lipinski definition) is 9. The fourth-order valence-corrected chi connectivity index (χ4v) is 3.91. The summed E-state index contributed by atoms with van der Waals surface area (Å²) in [5, 5.41) is 83.2.